The van der Waals surface area contributed by atoms with Crippen LogP contribution in [0.1, 0.15) is 25.8 Å². The highest BCUT2D eigenvalue weighted by molar-refractivity contribution is 7.89. The van der Waals surface area contributed by atoms with Crippen molar-refractivity contribution in [2.45, 2.75) is 37.4 Å². The average Bonchev–Trinajstić information content (AvgIpc) is 2.69. The fourth-order valence-corrected chi connectivity index (χ4v) is 3.95. The first-order chi connectivity index (χ1) is 14.3. The van der Waals surface area contributed by atoms with Crippen LogP contribution in [0.25, 0.3) is 0 Å². The molecule has 0 saturated heterocycles. The monoisotopic (exact) mass is 462 g/mol. The molecule has 0 aliphatic heterocycles. The summed E-state index contributed by atoms with van der Waals surface area (Å²) >= 11 is 0. The summed E-state index contributed by atoms with van der Waals surface area (Å²) in [5, 5.41) is 2.25. The largest absolute Gasteiger partial charge is 0.416 e. The number of aromatic nitrogens is 2. The van der Waals surface area contributed by atoms with Crippen LogP contribution in [0.4, 0.5) is 18.9 Å². The van der Waals surface area contributed by atoms with E-state index in [2.05, 4.69) is 10.0 Å². The topological polar surface area (TPSA) is 130 Å². The Hall–Kier alpha value is -2.93. The Morgan fingerprint density at radius 3 is 2.48 bits per heavy atom. The van der Waals surface area contributed by atoms with Gasteiger partial charge in [-0.2, -0.15) is 17.9 Å². The number of aromatic amines is 1. The lowest BCUT2D eigenvalue weighted by Crippen LogP contribution is -2.48. The first-order valence-corrected chi connectivity index (χ1v) is 10.5. The van der Waals surface area contributed by atoms with E-state index < -0.39 is 55.8 Å². The summed E-state index contributed by atoms with van der Waals surface area (Å²) in [7, 11) is -3.18. The van der Waals surface area contributed by atoms with Crippen molar-refractivity contribution in [3.63, 3.8) is 0 Å². The molecule has 0 unspecified atom stereocenters. The van der Waals surface area contributed by atoms with Crippen LogP contribution in [0.2, 0.25) is 0 Å². The number of amides is 1. The molecule has 1 aromatic carbocycles. The van der Waals surface area contributed by atoms with E-state index in [1.165, 1.54) is 7.05 Å². The van der Waals surface area contributed by atoms with E-state index in [9.17, 15) is 36.0 Å². The molecule has 2 aromatic rings. The van der Waals surface area contributed by atoms with Crippen LogP contribution in [0.3, 0.4) is 0 Å². The standard InChI is InChI=1S/C18H21F3N4O5S/c1-4-10(2)14(16(27)22-13-9-25(3)17(28)23-15(13)26)24-31(29,30)12-7-5-6-11(8-12)18(19,20)21/h5-10,14,24H,4H2,1-3H3,(H,22,27)(H,23,26,28)/t10-,14-/m0/s1. The number of carbonyl (C=O) groups is 1. The summed E-state index contributed by atoms with van der Waals surface area (Å²) in [4.78, 5) is 37.4. The Kier molecular flexibility index (Phi) is 7.11. The number of alkyl halides is 3. The van der Waals surface area contributed by atoms with Gasteiger partial charge in [-0.3, -0.25) is 14.6 Å². The minimum atomic E-state index is -4.75. The third kappa shape index (κ3) is 5.82. The molecule has 0 spiro atoms. The maximum absolute atomic E-state index is 12.9. The van der Waals surface area contributed by atoms with Gasteiger partial charge in [0.1, 0.15) is 11.7 Å². The number of nitrogens with one attached hydrogen (secondary N) is 3. The van der Waals surface area contributed by atoms with Crippen molar-refractivity contribution in [1.82, 2.24) is 14.3 Å². The second-order valence-corrected chi connectivity index (χ2v) is 8.63. The van der Waals surface area contributed by atoms with Crippen molar-refractivity contribution < 1.29 is 26.4 Å². The van der Waals surface area contributed by atoms with E-state index in [1.54, 1.807) is 13.8 Å². The van der Waals surface area contributed by atoms with Gasteiger partial charge in [0.2, 0.25) is 15.9 Å². The second kappa shape index (κ2) is 9.06. The van der Waals surface area contributed by atoms with Crippen LogP contribution in [0.15, 0.2) is 44.9 Å². The fourth-order valence-electron chi connectivity index (χ4n) is 2.60. The lowest BCUT2D eigenvalue weighted by Gasteiger charge is -2.23. The number of rotatable bonds is 7. The highest BCUT2D eigenvalue weighted by Gasteiger charge is 2.34. The molecule has 0 bridgehead atoms. The normalized spacial score (nSPS) is 14.1. The first kappa shape index (κ1) is 24.3. The second-order valence-electron chi connectivity index (χ2n) is 6.91. The SMILES string of the molecule is CC[C@H](C)[C@H](NS(=O)(=O)c1cccc(C(F)(F)F)c1)C(=O)Nc1cn(C)c(=O)[nH]c1=O. The summed E-state index contributed by atoms with van der Waals surface area (Å²) in [6.07, 6.45) is -3.34. The van der Waals surface area contributed by atoms with Gasteiger partial charge in [0.25, 0.3) is 5.56 Å². The first-order valence-electron chi connectivity index (χ1n) is 9.06. The summed E-state index contributed by atoms with van der Waals surface area (Å²) in [5.74, 6) is -1.48. The van der Waals surface area contributed by atoms with Crippen LogP contribution in [-0.2, 0) is 28.0 Å². The number of hydrogen-bond acceptors (Lipinski definition) is 5. The summed E-state index contributed by atoms with van der Waals surface area (Å²) < 4.78 is 67.3. The highest BCUT2D eigenvalue weighted by Crippen LogP contribution is 2.30. The lowest BCUT2D eigenvalue weighted by atomic mass is 9.99. The molecule has 31 heavy (non-hydrogen) atoms. The molecule has 0 aliphatic rings. The van der Waals surface area contributed by atoms with Crippen LogP contribution in [-0.4, -0.2) is 29.9 Å². The van der Waals surface area contributed by atoms with Crippen LogP contribution < -0.4 is 21.3 Å². The van der Waals surface area contributed by atoms with Gasteiger partial charge < -0.3 is 9.88 Å². The molecule has 0 fully saturated rings. The Balaban J connectivity index is 2.37. The highest BCUT2D eigenvalue weighted by atomic mass is 32.2. The Morgan fingerprint density at radius 1 is 1.26 bits per heavy atom. The summed E-state index contributed by atoms with van der Waals surface area (Å²) in [6, 6.07) is 1.71. The molecule has 9 nitrogen and oxygen atoms in total. The van der Waals surface area contributed by atoms with Crippen molar-refractivity contribution in [3.8, 4) is 0 Å². The average molecular weight is 462 g/mol. The zero-order chi connectivity index (χ0) is 23.6. The van der Waals surface area contributed by atoms with Gasteiger partial charge in [-0.15, -0.1) is 0 Å². The van der Waals surface area contributed by atoms with Gasteiger partial charge in [-0.25, -0.2) is 13.2 Å². The maximum atomic E-state index is 12.9. The van der Waals surface area contributed by atoms with E-state index in [1.807, 2.05) is 4.98 Å². The number of carbonyl (C=O) groups excluding carboxylic acids is 1. The molecule has 1 amide bonds. The van der Waals surface area contributed by atoms with Crippen molar-refractivity contribution in [2.75, 3.05) is 5.32 Å². The molecule has 1 aromatic heterocycles. The Labute approximate surface area is 175 Å². The third-order valence-corrected chi connectivity index (χ3v) is 6.05. The minimum absolute atomic E-state index is 0.293. The number of nitrogens with zero attached hydrogens (tertiary/aromatic N) is 1. The number of sulfonamides is 1. The lowest BCUT2D eigenvalue weighted by molar-refractivity contribution is -0.137. The fraction of sp³-hybridized carbons (Fsp3) is 0.389. The number of aryl methyl sites for hydroxylation is 1. The predicted octanol–water partition coefficient (Wildman–Crippen LogP) is 1.42. The van der Waals surface area contributed by atoms with Crippen LogP contribution >= 0.6 is 0 Å². The van der Waals surface area contributed by atoms with Gasteiger partial charge in [-0.1, -0.05) is 26.3 Å². The third-order valence-electron chi connectivity index (χ3n) is 4.62. The molecule has 2 atom stereocenters. The molecular weight excluding hydrogens is 441 g/mol. The summed E-state index contributed by atoms with van der Waals surface area (Å²) in [5.41, 5.74) is -3.05. The van der Waals surface area contributed by atoms with Gasteiger partial charge >= 0.3 is 11.9 Å². The van der Waals surface area contributed by atoms with Gasteiger partial charge in [0.15, 0.2) is 0 Å². The van der Waals surface area contributed by atoms with Crippen molar-refractivity contribution in [3.05, 3.63) is 56.9 Å². The molecule has 13 heteroatoms. The number of halogens is 3. The smallest absolute Gasteiger partial charge is 0.319 e. The molecule has 2 rings (SSSR count). The van der Waals surface area contributed by atoms with Crippen molar-refractivity contribution in [2.24, 2.45) is 13.0 Å². The van der Waals surface area contributed by atoms with E-state index in [-0.39, 0.29) is 5.69 Å². The van der Waals surface area contributed by atoms with Crippen molar-refractivity contribution in [1.29, 1.82) is 0 Å². The van der Waals surface area contributed by atoms with Crippen LogP contribution in [0.5, 0.6) is 0 Å². The van der Waals surface area contributed by atoms with Crippen LogP contribution in [0, 0.1) is 5.92 Å². The zero-order valence-electron chi connectivity index (χ0n) is 16.8. The number of hydrogen-bond donors (Lipinski definition) is 3. The molecular formula is C18H21F3N4O5S. The maximum Gasteiger partial charge on any atom is 0.416 e. The van der Waals surface area contributed by atoms with E-state index in [0.29, 0.717) is 12.5 Å². The van der Waals surface area contributed by atoms with Crippen molar-refractivity contribution >= 4 is 21.6 Å². The number of benzene rings is 1. The predicted molar refractivity (Wildman–Crippen MR) is 106 cm³/mol. The molecule has 0 aliphatic carbocycles. The quantitative estimate of drug-likeness (QED) is 0.573. The van der Waals surface area contributed by atoms with Gasteiger partial charge in [0.05, 0.1) is 10.5 Å². The molecule has 170 valence electrons. The Bertz CT molecular complexity index is 1190. The zero-order valence-corrected chi connectivity index (χ0v) is 17.6. The number of H-pyrrole nitrogens is 1. The van der Waals surface area contributed by atoms with E-state index >= 15 is 0 Å². The van der Waals surface area contributed by atoms with E-state index in [0.717, 1.165) is 29.0 Å². The van der Waals surface area contributed by atoms with E-state index in [4.69, 9.17) is 0 Å². The minimum Gasteiger partial charge on any atom is -0.319 e. The molecule has 0 saturated carbocycles. The molecule has 1 heterocycles. The van der Waals surface area contributed by atoms with Gasteiger partial charge in [0, 0.05) is 13.2 Å². The summed E-state index contributed by atoms with van der Waals surface area (Å²) in [6.45, 7) is 3.24. The molecule has 3 N–H and O–H groups in total. The Morgan fingerprint density at radius 2 is 1.90 bits per heavy atom. The number of anilines is 1. The van der Waals surface area contributed by atoms with Gasteiger partial charge in [-0.05, 0) is 24.1 Å². The molecule has 0 radical (unpaired) electrons.